The van der Waals surface area contributed by atoms with Crippen molar-refractivity contribution >= 4 is 12.1 Å². The van der Waals surface area contributed by atoms with Gasteiger partial charge in [0.05, 0.1) is 0 Å². The predicted octanol–water partition coefficient (Wildman–Crippen LogP) is 0.636. The van der Waals surface area contributed by atoms with Crippen molar-refractivity contribution in [2.24, 2.45) is 7.05 Å². The second-order valence-corrected chi connectivity index (χ2v) is 4.96. The van der Waals surface area contributed by atoms with Gasteiger partial charge < -0.3 is 20.3 Å². The minimum Gasteiger partial charge on any atom is -0.480 e. The van der Waals surface area contributed by atoms with Crippen molar-refractivity contribution in [3.8, 4) is 0 Å². The molecular weight excluding hydrogens is 302 g/mol. The van der Waals surface area contributed by atoms with Crippen LogP contribution in [0.5, 0.6) is 0 Å². The summed E-state index contributed by atoms with van der Waals surface area (Å²) in [5, 5.41) is 14.1. The number of aromatic amines is 1. The lowest BCUT2D eigenvalue weighted by Gasteiger charge is -2.13. The first-order valence-corrected chi connectivity index (χ1v) is 6.90. The topological polar surface area (TPSA) is 113 Å². The van der Waals surface area contributed by atoms with E-state index in [2.05, 4.69) is 10.4 Å². The van der Waals surface area contributed by atoms with Gasteiger partial charge in [-0.05, 0) is 5.56 Å². The number of nitrogens with one attached hydrogen (secondary N) is 2. The molecule has 0 aliphatic carbocycles. The Labute approximate surface area is 131 Å². The van der Waals surface area contributed by atoms with Crippen LogP contribution in [0.3, 0.4) is 0 Å². The largest absolute Gasteiger partial charge is 0.480 e. The molecule has 8 heteroatoms. The van der Waals surface area contributed by atoms with Gasteiger partial charge in [-0.3, -0.25) is 9.48 Å². The lowest BCUT2D eigenvalue weighted by atomic mass is 10.1. The fourth-order valence-corrected chi connectivity index (χ4v) is 1.98. The number of amides is 1. The van der Waals surface area contributed by atoms with Gasteiger partial charge in [0, 0.05) is 25.2 Å². The molecule has 0 radical (unpaired) electrons. The van der Waals surface area contributed by atoms with Gasteiger partial charge in [0.2, 0.25) is 0 Å². The van der Waals surface area contributed by atoms with E-state index in [4.69, 9.17) is 4.74 Å². The summed E-state index contributed by atoms with van der Waals surface area (Å²) in [5.74, 6) is -1.25. The normalized spacial score (nSPS) is 11.7. The van der Waals surface area contributed by atoms with Crippen molar-refractivity contribution in [1.82, 2.24) is 15.1 Å². The van der Waals surface area contributed by atoms with Crippen molar-refractivity contribution in [3.63, 3.8) is 0 Å². The molecule has 0 saturated heterocycles. The Morgan fingerprint density at radius 2 is 2.04 bits per heavy atom. The van der Waals surface area contributed by atoms with E-state index >= 15 is 0 Å². The maximum atomic E-state index is 11.7. The molecule has 3 N–H and O–H groups in total. The van der Waals surface area contributed by atoms with Gasteiger partial charge >= 0.3 is 12.1 Å². The molecular formula is C15H17N3O5. The molecule has 0 bridgehead atoms. The van der Waals surface area contributed by atoms with E-state index in [0.29, 0.717) is 0 Å². The van der Waals surface area contributed by atoms with Crippen LogP contribution in [0.4, 0.5) is 4.79 Å². The number of aromatic nitrogens is 2. The quantitative estimate of drug-likeness (QED) is 0.723. The van der Waals surface area contributed by atoms with Gasteiger partial charge in [0.15, 0.2) is 0 Å². The van der Waals surface area contributed by atoms with Crippen LogP contribution in [0.15, 0.2) is 41.3 Å². The summed E-state index contributed by atoms with van der Waals surface area (Å²) < 4.78 is 6.20. The molecule has 0 fully saturated rings. The predicted molar refractivity (Wildman–Crippen MR) is 80.9 cm³/mol. The minimum atomic E-state index is -1.25. The van der Waals surface area contributed by atoms with Crippen molar-refractivity contribution < 1.29 is 19.4 Å². The van der Waals surface area contributed by atoms with E-state index in [1.165, 1.54) is 17.9 Å². The van der Waals surface area contributed by atoms with Gasteiger partial charge in [-0.15, -0.1) is 0 Å². The number of carboxylic acids is 1. The molecule has 1 amide bonds. The summed E-state index contributed by atoms with van der Waals surface area (Å²) in [5.41, 5.74) is 0.716. The third-order valence-corrected chi connectivity index (χ3v) is 3.24. The Balaban J connectivity index is 1.93. The average Bonchev–Trinajstić information content (AvgIpc) is 2.85. The Bertz CT molecular complexity index is 735. The van der Waals surface area contributed by atoms with Crippen LogP contribution in [0.2, 0.25) is 0 Å². The number of nitrogens with zero attached hydrogens (tertiary/aromatic N) is 1. The highest BCUT2D eigenvalue weighted by atomic mass is 16.5. The number of aryl methyl sites for hydroxylation is 1. The van der Waals surface area contributed by atoms with Crippen molar-refractivity contribution in [2.45, 2.75) is 19.1 Å². The fourth-order valence-electron chi connectivity index (χ4n) is 1.98. The molecule has 2 aromatic rings. The summed E-state index contributed by atoms with van der Waals surface area (Å²) >= 11 is 0. The smallest absolute Gasteiger partial charge is 0.408 e. The second kappa shape index (κ2) is 7.30. The van der Waals surface area contributed by atoms with E-state index in [0.717, 1.165) is 5.56 Å². The summed E-state index contributed by atoms with van der Waals surface area (Å²) in [6, 6.07) is 7.76. The zero-order chi connectivity index (χ0) is 16.8. The van der Waals surface area contributed by atoms with E-state index in [1.807, 2.05) is 6.07 Å². The molecule has 0 aliphatic rings. The van der Waals surface area contributed by atoms with Crippen molar-refractivity contribution in [1.29, 1.82) is 0 Å². The molecule has 1 heterocycles. The molecule has 23 heavy (non-hydrogen) atoms. The van der Waals surface area contributed by atoms with E-state index in [-0.39, 0.29) is 24.2 Å². The molecule has 122 valence electrons. The van der Waals surface area contributed by atoms with E-state index < -0.39 is 18.1 Å². The molecule has 1 aromatic carbocycles. The highest BCUT2D eigenvalue weighted by Crippen LogP contribution is 2.02. The highest BCUT2D eigenvalue weighted by molar-refractivity contribution is 5.80. The van der Waals surface area contributed by atoms with Crippen LogP contribution in [0.1, 0.15) is 11.1 Å². The third-order valence-electron chi connectivity index (χ3n) is 3.24. The summed E-state index contributed by atoms with van der Waals surface area (Å²) in [6.07, 6.45) is 0.426. The number of carboxylic acid groups (broad SMARTS) is 1. The average molecular weight is 319 g/mol. The SMILES string of the molecule is Cn1[nH]cc(C[C@@H](NC(=O)OCc2ccccc2)C(=O)O)c1=O. The van der Waals surface area contributed by atoms with Crippen LogP contribution < -0.4 is 10.9 Å². The minimum absolute atomic E-state index is 0.0327. The number of alkyl carbamates (subject to hydrolysis) is 1. The maximum absolute atomic E-state index is 11.7. The van der Waals surface area contributed by atoms with Crippen LogP contribution in [-0.2, 0) is 29.6 Å². The Kier molecular flexibility index (Phi) is 5.19. The zero-order valence-electron chi connectivity index (χ0n) is 12.5. The number of benzene rings is 1. The number of carbonyl (C=O) groups excluding carboxylic acids is 1. The molecule has 2 rings (SSSR count). The first-order chi connectivity index (χ1) is 11.0. The molecule has 0 saturated carbocycles. The van der Waals surface area contributed by atoms with Gasteiger partial charge in [-0.1, -0.05) is 30.3 Å². The lowest BCUT2D eigenvalue weighted by molar-refractivity contribution is -0.139. The molecule has 1 atom stereocenters. The number of rotatable bonds is 6. The van der Waals surface area contributed by atoms with Crippen LogP contribution in [0, 0.1) is 0 Å². The Morgan fingerprint density at radius 3 is 2.61 bits per heavy atom. The van der Waals surface area contributed by atoms with Crippen LogP contribution in [-0.4, -0.2) is 33.0 Å². The molecule has 0 aliphatic heterocycles. The lowest BCUT2D eigenvalue weighted by Crippen LogP contribution is -2.43. The summed E-state index contributed by atoms with van der Waals surface area (Å²) in [6.45, 7) is 0.0327. The fraction of sp³-hybridized carbons (Fsp3) is 0.267. The van der Waals surface area contributed by atoms with Gasteiger partial charge in [-0.25, -0.2) is 9.59 Å². The van der Waals surface area contributed by atoms with Crippen molar-refractivity contribution in [3.05, 3.63) is 58.0 Å². The standard InChI is InChI=1S/C15H17N3O5/c1-18-13(19)11(8-16-18)7-12(14(20)21)17-15(22)23-9-10-5-3-2-4-6-10/h2-6,8,12,16H,7,9H2,1H3,(H,17,22)(H,20,21)/t12-/m1/s1. The van der Waals surface area contributed by atoms with Crippen molar-refractivity contribution in [2.75, 3.05) is 0 Å². The zero-order valence-corrected chi connectivity index (χ0v) is 12.5. The highest BCUT2D eigenvalue weighted by Gasteiger charge is 2.23. The van der Waals surface area contributed by atoms with Crippen LogP contribution in [0.25, 0.3) is 0 Å². The molecule has 8 nitrogen and oxygen atoms in total. The number of hydrogen-bond donors (Lipinski definition) is 3. The molecule has 0 unspecified atom stereocenters. The molecule has 1 aromatic heterocycles. The Morgan fingerprint density at radius 1 is 1.35 bits per heavy atom. The second-order valence-electron chi connectivity index (χ2n) is 4.96. The number of ether oxygens (including phenoxy) is 1. The number of hydrogen-bond acceptors (Lipinski definition) is 4. The monoisotopic (exact) mass is 319 g/mol. The molecule has 0 spiro atoms. The number of H-pyrrole nitrogens is 1. The van der Waals surface area contributed by atoms with Gasteiger partial charge in [-0.2, -0.15) is 0 Å². The van der Waals surface area contributed by atoms with Gasteiger partial charge in [0.1, 0.15) is 12.6 Å². The van der Waals surface area contributed by atoms with Gasteiger partial charge in [0.25, 0.3) is 5.56 Å². The first-order valence-electron chi connectivity index (χ1n) is 6.90. The summed E-state index contributed by atoms with van der Waals surface area (Å²) in [7, 11) is 1.52. The third kappa shape index (κ3) is 4.47. The maximum Gasteiger partial charge on any atom is 0.408 e. The van der Waals surface area contributed by atoms with E-state index in [1.54, 1.807) is 24.3 Å². The summed E-state index contributed by atoms with van der Waals surface area (Å²) in [4.78, 5) is 34.7. The number of aliphatic carboxylic acids is 1. The Hall–Kier alpha value is -3.03. The first kappa shape index (κ1) is 16.3. The van der Waals surface area contributed by atoms with Crippen LogP contribution >= 0.6 is 0 Å². The number of carbonyl (C=O) groups is 2. The van der Waals surface area contributed by atoms with E-state index in [9.17, 15) is 19.5 Å².